The summed E-state index contributed by atoms with van der Waals surface area (Å²) in [5.41, 5.74) is -2.87. The van der Waals surface area contributed by atoms with Crippen molar-refractivity contribution in [3.63, 3.8) is 0 Å². The first-order chi connectivity index (χ1) is 41.7. The molecule has 27 atom stereocenters. The average molecular weight is 1270 g/mol. The van der Waals surface area contributed by atoms with E-state index >= 15 is 0 Å². The summed E-state index contributed by atoms with van der Waals surface area (Å²) in [5, 5.41) is 125. The Morgan fingerprint density at radius 1 is 0.708 bits per heavy atom. The maximum absolute atomic E-state index is 14.2. The summed E-state index contributed by atoms with van der Waals surface area (Å²) in [5.74, 6) is -3.69. The Bertz CT molecular complexity index is 2570. The molecule has 0 aromatic heterocycles. The van der Waals surface area contributed by atoms with Gasteiger partial charge >= 0.3 is 17.9 Å². The summed E-state index contributed by atoms with van der Waals surface area (Å²) in [7, 11) is 0. The Kier molecular flexibility index (Phi) is 22.4. The molecule has 0 spiro atoms. The molecule has 508 valence electrons. The molecule has 3 aliphatic heterocycles. The highest BCUT2D eigenvalue weighted by molar-refractivity contribution is 5.83. The first-order valence-electron chi connectivity index (χ1n) is 32.5. The second-order valence-electron chi connectivity index (χ2n) is 29.4. The van der Waals surface area contributed by atoms with E-state index in [9.17, 15) is 70.6 Å². The lowest BCUT2D eigenvalue weighted by Crippen LogP contribution is -2.76. The molecule has 23 heteroatoms. The van der Waals surface area contributed by atoms with Crippen LogP contribution in [0.4, 0.5) is 0 Å². The minimum Gasteiger partial charge on any atom is -0.464 e. The topological polar surface area (TPSA) is 357 Å². The fraction of sp³-hybridized carbons (Fsp3) is 0.864. The number of aliphatic hydroxyl groups is 11. The van der Waals surface area contributed by atoms with Crippen molar-refractivity contribution in [3.05, 3.63) is 34.9 Å². The number of carbonyl (C=O) groups excluding carboxylic acids is 3. The van der Waals surface area contributed by atoms with Crippen LogP contribution in [-0.4, -0.2) is 217 Å². The molecule has 0 radical (unpaired) electrons. The molecule has 0 aromatic rings. The van der Waals surface area contributed by atoms with Gasteiger partial charge in [-0.05, 0) is 119 Å². The zero-order chi connectivity index (χ0) is 65.8. The van der Waals surface area contributed by atoms with Crippen LogP contribution in [0.1, 0.15) is 161 Å². The number of unbranched alkanes of at least 4 members (excludes halogenated alkanes) is 1. The van der Waals surface area contributed by atoms with Crippen molar-refractivity contribution in [2.24, 2.45) is 56.2 Å². The van der Waals surface area contributed by atoms with Gasteiger partial charge in [-0.15, -0.1) is 0 Å². The Morgan fingerprint density at radius 2 is 1.33 bits per heavy atom. The van der Waals surface area contributed by atoms with Gasteiger partial charge in [-0.1, -0.05) is 105 Å². The zero-order valence-corrected chi connectivity index (χ0v) is 54.4. The number of rotatable bonds is 21. The number of hydrogen-bond donors (Lipinski definition) is 11. The van der Waals surface area contributed by atoms with Crippen molar-refractivity contribution in [1.82, 2.24) is 0 Å². The number of esters is 3. The van der Waals surface area contributed by atoms with Gasteiger partial charge in [0.15, 0.2) is 31.1 Å². The molecule has 1 unspecified atom stereocenters. The van der Waals surface area contributed by atoms with Crippen molar-refractivity contribution in [3.8, 4) is 0 Å². The number of fused-ring (bicyclic) bond motifs is 7. The standard InChI is InChI=1S/C66H106O23/c1-14-16-26-81-57(80)51-49(86-58-46(74)44(72)38(30-68)83-58)48(76)50(87-59-47(75)45(73)43(71)37(29-67)82-59)60(88-51)84-41-23-24-63(11)39(62(41,9)10)22-25-64(12)40(63)21-20-35-36-28-61(7,8)54(85-42(70)27-33(5)19-17-18-32(3)4)55(89-56(79)34(6)15-2)66(36,31-69)53(78)52(77)65(35,64)13/h18,20,27,34,36-41,43-55,58-60,67-69,71-78H,14-17,19,21-26,28-31H2,1-13H3/b33-27-/t34?,36-,37+,38-,39-,40+,41-,43+,44-,45-,46+,47+,48-,49-,50+,51-,52-,53+,54-,55-,58-,59-,60+,63-,64+,65-,66-/m0/s1. The summed E-state index contributed by atoms with van der Waals surface area (Å²) in [6, 6.07) is 0. The van der Waals surface area contributed by atoms with Gasteiger partial charge in [-0.3, -0.25) is 4.79 Å². The first kappa shape index (κ1) is 71.8. The lowest BCUT2D eigenvalue weighted by molar-refractivity contribution is -0.383. The van der Waals surface area contributed by atoms with E-state index in [1.807, 2.05) is 55.4 Å². The Hall–Kier alpha value is -3.05. The third-order valence-corrected chi connectivity index (χ3v) is 23.1. The second kappa shape index (κ2) is 27.7. The van der Waals surface area contributed by atoms with Gasteiger partial charge in [0.2, 0.25) is 0 Å². The van der Waals surface area contributed by atoms with Crippen molar-refractivity contribution in [2.45, 2.75) is 277 Å². The van der Waals surface area contributed by atoms with Crippen molar-refractivity contribution in [1.29, 1.82) is 0 Å². The normalized spacial score (nSPS) is 45.3. The SMILES string of the molecule is CCCCOC(=O)[C@H]1O[C@@H](O[C@H]2CC[C@]3(C)[C@H]4CC=C5[C@@H]6CC(C)(C)[C@@H](OC(=O)/C=C(/C)CCC=C(C)C)[C@H](OC(=O)C(C)CC)[C@]6(CO)[C@H](O)[C@H](O)[C@@]5(C)[C@]4(C)CC[C@H]3C2(C)C)[C@H](O[C@@H]2O[C@H](CO)[C@@H](O)[C@H](O)[C@H]2O)[C@@H](O)[C@@H]1O[C@@H]1O[C@@H](CO)[C@H](O)[C@H]1O. The lowest BCUT2D eigenvalue weighted by atomic mass is 9.32. The van der Waals surface area contributed by atoms with Crippen LogP contribution in [0.25, 0.3) is 0 Å². The maximum Gasteiger partial charge on any atom is 0.338 e. The highest BCUT2D eigenvalue weighted by Crippen LogP contribution is 2.76. The van der Waals surface area contributed by atoms with Crippen LogP contribution in [0, 0.1) is 56.2 Å². The predicted molar refractivity (Wildman–Crippen MR) is 318 cm³/mol. The van der Waals surface area contributed by atoms with Gasteiger partial charge in [0, 0.05) is 16.9 Å². The summed E-state index contributed by atoms with van der Waals surface area (Å²) in [6.45, 7) is 23.5. The summed E-state index contributed by atoms with van der Waals surface area (Å²) in [4.78, 5) is 42.3. The van der Waals surface area contributed by atoms with Crippen LogP contribution >= 0.6 is 0 Å². The maximum atomic E-state index is 14.2. The van der Waals surface area contributed by atoms with E-state index in [4.69, 9.17) is 42.6 Å². The van der Waals surface area contributed by atoms with Gasteiger partial charge in [0.05, 0.1) is 56.1 Å². The van der Waals surface area contributed by atoms with Gasteiger partial charge < -0.3 is 98.8 Å². The second-order valence-corrected chi connectivity index (χ2v) is 29.4. The van der Waals surface area contributed by atoms with Crippen LogP contribution in [-0.2, 0) is 57.0 Å². The number of allylic oxidation sites excluding steroid dienone is 4. The Morgan fingerprint density at radius 3 is 1.92 bits per heavy atom. The number of aliphatic hydroxyl groups excluding tert-OH is 11. The van der Waals surface area contributed by atoms with E-state index in [-0.39, 0.29) is 18.4 Å². The van der Waals surface area contributed by atoms with E-state index < -0.39 is 199 Å². The van der Waals surface area contributed by atoms with Gasteiger partial charge in [-0.2, -0.15) is 0 Å². The predicted octanol–water partition coefficient (Wildman–Crippen LogP) is 3.33. The highest BCUT2D eigenvalue weighted by Gasteiger charge is 2.76. The molecule has 4 saturated carbocycles. The molecule has 8 aliphatic rings. The van der Waals surface area contributed by atoms with Crippen molar-refractivity contribution < 1.29 is 113 Å². The van der Waals surface area contributed by atoms with Crippen LogP contribution in [0.15, 0.2) is 34.9 Å². The molecule has 3 saturated heterocycles. The molecule has 0 bridgehead atoms. The molecule has 3 heterocycles. The molecule has 7 fully saturated rings. The highest BCUT2D eigenvalue weighted by atomic mass is 16.8. The van der Waals surface area contributed by atoms with Gasteiger partial charge in [0.25, 0.3) is 0 Å². The van der Waals surface area contributed by atoms with Gasteiger partial charge in [-0.25, -0.2) is 9.59 Å². The molecule has 0 aromatic carbocycles. The monoisotopic (exact) mass is 1270 g/mol. The minimum atomic E-state index is -1.99. The lowest BCUT2D eigenvalue weighted by Gasteiger charge is -2.73. The summed E-state index contributed by atoms with van der Waals surface area (Å²) in [6.07, 6.45) is -19.4. The molecule has 0 amide bonds. The third kappa shape index (κ3) is 12.8. The minimum absolute atomic E-state index is 0.0493. The van der Waals surface area contributed by atoms with Crippen molar-refractivity contribution >= 4 is 17.9 Å². The van der Waals surface area contributed by atoms with E-state index in [0.717, 1.165) is 23.1 Å². The average Bonchev–Trinajstić information content (AvgIpc) is 0.901. The van der Waals surface area contributed by atoms with Crippen LogP contribution in [0.5, 0.6) is 0 Å². The molecular weight excluding hydrogens is 1160 g/mol. The smallest absolute Gasteiger partial charge is 0.338 e. The fourth-order valence-electron chi connectivity index (χ4n) is 17.4. The zero-order valence-electron chi connectivity index (χ0n) is 54.4. The number of carbonyl (C=O) groups is 3. The Labute approximate surface area is 524 Å². The van der Waals surface area contributed by atoms with Crippen LogP contribution < -0.4 is 0 Å². The molecule has 89 heavy (non-hydrogen) atoms. The largest absolute Gasteiger partial charge is 0.464 e. The van der Waals surface area contributed by atoms with E-state index in [2.05, 4.69) is 39.8 Å². The van der Waals surface area contributed by atoms with Crippen LogP contribution in [0.2, 0.25) is 0 Å². The van der Waals surface area contributed by atoms with Crippen molar-refractivity contribution in [2.75, 3.05) is 26.4 Å². The molecule has 11 N–H and O–H groups in total. The van der Waals surface area contributed by atoms with E-state index in [0.29, 0.717) is 64.2 Å². The van der Waals surface area contributed by atoms with Crippen LogP contribution in [0.3, 0.4) is 0 Å². The van der Waals surface area contributed by atoms with E-state index in [1.165, 1.54) is 6.08 Å². The van der Waals surface area contributed by atoms with Gasteiger partial charge in [0.1, 0.15) is 67.1 Å². The first-order valence-corrected chi connectivity index (χ1v) is 32.5. The summed E-state index contributed by atoms with van der Waals surface area (Å²) >= 11 is 0. The Balaban J connectivity index is 1.13. The number of ether oxygens (including phenoxy) is 9. The third-order valence-electron chi connectivity index (χ3n) is 23.1. The summed E-state index contributed by atoms with van der Waals surface area (Å²) < 4.78 is 55.8. The quantitative estimate of drug-likeness (QED) is 0.0196. The fourth-order valence-corrected chi connectivity index (χ4v) is 17.4. The molecule has 23 nitrogen and oxygen atoms in total. The van der Waals surface area contributed by atoms with E-state index in [1.54, 1.807) is 6.92 Å². The number of hydrogen-bond acceptors (Lipinski definition) is 23. The molecule has 5 aliphatic carbocycles. The molecule has 8 rings (SSSR count). The molecular formula is C66H106O23.